The Balaban J connectivity index is 1.51. The van der Waals surface area contributed by atoms with Gasteiger partial charge >= 0.3 is 6.09 Å². The van der Waals surface area contributed by atoms with Gasteiger partial charge in [0.2, 0.25) is 0 Å². The van der Waals surface area contributed by atoms with E-state index in [0.717, 1.165) is 49.4 Å². The summed E-state index contributed by atoms with van der Waals surface area (Å²) in [7, 11) is 0. The Kier molecular flexibility index (Phi) is 5.06. The minimum atomic E-state index is -0.446. The summed E-state index contributed by atoms with van der Waals surface area (Å²) in [6, 6.07) is 5.81. The zero-order valence-electron chi connectivity index (χ0n) is 15.1. The number of aromatic nitrogens is 2. The molecule has 0 bridgehead atoms. The molecule has 0 N–H and O–H groups in total. The van der Waals surface area contributed by atoms with Gasteiger partial charge < -0.3 is 14.2 Å². The van der Waals surface area contributed by atoms with Crippen molar-refractivity contribution in [3.05, 3.63) is 36.3 Å². The van der Waals surface area contributed by atoms with Crippen LogP contribution in [-0.4, -0.2) is 39.8 Å². The average molecular weight is 343 g/mol. The maximum absolute atomic E-state index is 12.1. The van der Waals surface area contributed by atoms with Crippen molar-refractivity contribution in [2.75, 3.05) is 13.1 Å². The fourth-order valence-corrected chi connectivity index (χ4v) is 3.00. The SMILES string of the molecule is CC(C)(C)OC(=O)N1CCC(Cc2cc(-c3ccncc3)on2)CC1. The summed E-state index contributed by atoms with van der Waals surface area (Å²) in [5, 5.41) is 4.19. The number of hydrogen-bond donors (Lipinski definition) is 0. The standard InChI is InChI=1S/C19H25N3O3/c1-19(2,3)24-18(23)22-10-6-14(7-11-22)12-16-13-17(25-21-16)15-4-8-20-9-5-15/h4-5,8-9,13-14H,6-7,10-12H2,1-3H3. The van der Waals surface area contributed by atoms with Crippen LogP contribution in [0, 0.1) is 5.92 Å². The summed E-state index contributed by atoms with van der Waals surface area (Å²) in [6.45, 7) is 7.14. The van der Waals surface area contributed by atoms with Crippen molar-refractivity contribution in [1.82, 2.24) is 15.0 Å². The fraction of sp³-hybridized carbons (Fsp3) is 0.526. The zero-order chi connectivity index (χ0) is 17.9. The number of rotatable bonds is 3. The van der Waals surface area contributed by atoms with Gasteiger partial charge in [-0.2, -0.15) is 0 Å². The molecule has 6 nitrogen and oxygen atoms in total. The molecule has 1 saturated heterocycles. The van der Waals surface area contributed by atoms with E-state index in [1.165, 1.54) is 0 Å². The number of carbonyl (C=O) groups excluding carboxylic acids is 1. The van der Waals surface area contributed by atoms with E-state index in [1.54, 1.807) is 17.3 Å². The lowest BCUT2D eigenvalue weighted by Gasteiger charge is -2.33. The molecule has 3 rings (SSSR count). The van der Waals surface area contributed by atoms with Crippen molar-refractivity contribution >= 4 is 6.09 Å². The number of carbonyl (C=O) groups is 1. The second kappa shape index (κ2) is 7.25. The van der Waals surface area contributed by atoms with E-state index in [2.05, 4.69) is 10.1 Å². The van der Waals surface area contributed by atoms with Crippen LogP contribution in [0.15, 0.2) is 35.1 Å². The number of nitrogens with zero attached hydrogens (tertiary/aromatic N) is 3. The van der Waals surface area contributed by atoms with Crippen molar-refractivity contribution in [2.45, 2.75) is 45.6 Å². The minimum Gasteiger partial charge on any atom is -0.444 e. The molecule has 1 fully saturated rings. The van der Waals surface area contributed by atoms with Crippen LogP contribution in [0.1, 0.15) is 39.3 Å². The molecule has 0 saturated carbocycles. The van der Waals surface area contributed by atoms with Crippen LogP contribution in [0.5, 0.6) is 0 Å². The average Bonchev–Trinajstić information content (AvgIpc) is 3.03. The minimum absolute atomic E-state index is 0.215. The first-order chi connectivity index (χ1) is 11.9. The Morgan fingerprint density at radius 2 is 1.96 bits per heavy atom. The van der Waals surface area contributed by atoms with E-state index in [-0.39, 0.29) is 6.09 Å². The predicted molar refractivity (Wildman–Crippen MR) is 94.0 cm³/mol. The van der Waals surface area contributed by atoms with E-state index in [0.29, 0.717) is 5.92 Å². The van der Waals surface area contributed by atoms with E-state index in [9.17, 15) is 4.79 Å². The van der Waals surface area contributed by atoms with Gasteiger partial charge in [-0.3, -0.25) is 4.98 Å². The normalized spacial score (nSPS) is 16.0. The maximum atomic E-state index is 12.1. The third-order valence-corrected chi connectivity index (χ3v) is 4.29. The Labute approximate surface area is 148 Å². The first-order valence-corrected chi connectivity index (χ1v) is 8.74. The van der Waals surface area contributed by atoms with Crippen molar-refractivity contribution in [3.63, 3.8) is 0 Å². The number of amides is 1. The van der Waals surface area contributed by atoms with Gasteiger partial charge in [-0.25, -0.2) is 4.79 Å². The highest BCUT2D eigenvalue weighted by Gasteiger charge is 2.27. The number of likely N-dealkylation sites (tertiary alicyclic amines) is 1. The molecule has 2 aromatic rings. The predicted octanol–water partition coefficient (Wildman–Crippen LogP) is 3.93. The van der Waals surface area contributed by atoms with E-state index >= 15 is 0 Å². The van der Waals surface area contributed by atoms with Crippen LogP contribution in [0.3, 0.4) is 0 Å². The molecule has 25 heavy (non-hydrogen) atoms. The lowest BCUT2D eigenvalue weighted by molar-refractivity contribution is 0.0184. The molecular weight excluding hydrogens is 318 g/mol. The summed E-state index contributed by atoms with van der Waals surface area (Å²) in [6.07, 6.45) is 6.05. The highest BCUT2D eigenvalue weighted by atomic mass is 16.6. The van der Waals surface area contributed by atoms with Crippen LogP contribution < -0.4 is 0 Å². The van der Waals surface area contributed by atoms with Crippen LogP contribution in [0.2, 0.25) is 0 Å². The Morgan fingerprint density at radius 1 is 1.28 bits per heavy atom. The molecule has 6 heteroatoms. The Hall–Kier alpha value is -2.37. The van der Waals surface area contributed by atoms with E-state index in [1.807, 2.05) is 39.0 Å². The van der Waals surface area contributed by atoms with Gasteiger partial charge in [0.15, 0.2) is 5.76 Å². The molecule has 0 radical (unpaired) electrons. The molecule has 0 unspecified atom stereocenters. The summed E-state index contributed by atoms with van der Waals surface area (Å²) in [5.74, 6) is 1.28. The van der Waals surface area contributed by atoms with Crippen LogP contribution in [0.4, 0.5) is 4.79 Å². The van der Waals surface area contributed by atoms with Crippen molar-refractivity contribution < 1.29 is 14.1 Å². The molecule has 1 aliphatic rings. The van der Waals surface area contributed by atoms with Crippen LogP contribution in [-0.2, 0) is 11.2 Å². The van der Waals surface area contributed by atoms with E-state index in [4.69, 9.17) is 9.26 Å². The number of piperidine rings is 1. The summed E-state index contributed by atoms with van der Waals surface area (Å²) >= 11 is 0. The highest BCUT2D eigenvalue weighted by Crippen LogP contribution is 2.25. The summed E-state index contributed by atoms with van der Waals surface area (Å²) < 4.78 is 10.9. The number of ether oxygens (including phenoxy) is 1. The monoisotopic (exact) mass is 343 g/mol. The molecule has 0 spiro atoms. The van der Waals surface area contributed by atoms with Gasteiger partial charge in [-0.15, -0.1) is 0 Å². The number of hydrogen-bond acceptors (Lipinski definition) is 5. The molecule has 3 heterocycles. The largest absolute Gasteiger partial charge is 0.444 e. The summed E-state index contributed by atoms with van der Waals surface area (Å²) in [5.41, 5.74) is 1.49. The fourth-order valence-electron chi connectivity index (χ4n) is 3.00. The summed E-state index contributed by atoms with van der Waals surface area (Å²) in [4.78, 5) is 17.9. The van der Waals surface area contributed by atoms with Gasteiger partial charge in [-0.1, -0.05) is 5.16 Å². The lowest BCUT2D eigenvalue weighted by Crippen LogP contribution is -2.42. The molecule has 0 aliphatic carbocycles. The molecule has 1 aliphatic heterocycles. The zero-order valence-corrected chi connectivity index (χ0v) is 15.1. The van der Waals surface area contributed by atoms with Crippen molar-refractivity contribution in [2.24, 2.45) is 5.92 Å². The Bertz CT molecular complexity index is 698. The first-order valence-electron chi connectivity index (χ1n) is 8.74. The molecule has 134 valence electrons. The van der Waals surface area contributed by atoms with Gasteiger partial charge in [-0.05, 0) is 58.1 Å². The number of pyridine rings is 1. The van der Waals surface area contributed by atoms with Gasteiger partial charge in [0, 0.05) is 37.1 Å². The highest BCUT2D eigenvalue weighted by molar-refractivity contribution is 5.68. The first kappa shape index (κ1) is 17.5. The molecule has 1 amide bonds. The van der Waals surface area contributed by atoms with Crippen LogP contribution in [0.25, 0.3) is 11.3 Å². The lowest BCUT2D eigenvalue weighted by atomic mass is 9.92. The maximum Gasteiger partial charge on any atom is 0.410 e. The Morgan fingerprint density at radius 3 is 2.60 bits per heavy atom. The van der Waals surface area contributed by atoms with Crippen molar-refractivity contribution in [1.29, 1.82) is 0 Å². The van der Waals surface area contributed by atoms with E-state index < -0.39 is 5.60 Å². The van der Waals surface area contributed by atoms with Crippen LogP contribution >= 0.6 is 0 Å². The molecule has 2 aromatic heterocycles. The topological polar surface area (TPSA) is 68.5 Å². The van der Waals surface area contributed by atoms with Crippen molar-refractivity contribution in [3.8, 4) is 11.3 Å². The molecule has 0 atom stereocenters. The third-order valence-electron chi connectivity index (χ3n) is 4.29. The van der Waals surface area contributed by atoms with Gasteiger partial charge in [0.05, 0.1) is 5.69 Å². The smallest absolute Gasteiger partial charge is 0.410 e. The van der Waals surface area contributed by atoms with Gasteiger partial charge in [0.25, 0.3) is 0 Å². The third kappa shape index (κ3) is 4.81. The second-order valence-electron chi connectivity index (χ2n) is 7.53. The molecular formula is C19H25N3O3. The van der Waals surface area contributed by atoms with Gasteiger partial charge in [0.1, 0.15) is 5.60 Å². The second-order valence-corrected chi connectivity index (χ2v) is 7.53. The molecule has 0 aromatic carbocycles. The quantitative estimate of drug-likeness (QED) is 0.845.